The topological polar surface area (TPSA) is 37.3 Å². The van der Waals surface area contributed by atoms with Crippen molar-refractivity contribution in [2.45, 2.75) is 28.9 Å². The molecule has 0 heterocycles. The van der Waals surface area contributed by atoms with Crippen molar-refractivity contribution < 1.29 is 14.3 Å². The highest BCUT2D eigenvalue weighted by molar-refractivity contribution is 9.10. The maximum absolute atomic E-state index is 13.5. The van der Waals surface area contributed by atoms with Gasteiger partial charge in [-0.15, -0.1) is 11.8 Å². The lowest BCUT2D eigenvalue weighted by atomic mass is 9.84. The van der Waals surface area contributed by atoms with Crippen molar-refractivity contribution >= 4 is 33.7 Å². The monoisotopic (exact) mass is 304 g/mol. The third kappa shape index (κ3) is 2.11. The van der Waals surface area contributed by atoms with Crippen LogP contribution in [0, 0.1) is 5.82 Å². The first-order valence-corrected chi connectivity index (χ1v) is 6.52. The van der Waals surface area contributed by atoms with Gasteiger partial charge in [-0.3, -0.25) is 4.79 Å². The summed E-state index contributed by atoms with van der Waals surface area (Å²) in [6, 6.07) is 4.58. The second-order valence-corrected chi connectivity index (χ2v) is 6.17. The van der Waals surface area contributed by atoms with Crippen LogP contribution in [-0.2, 0) is 4.79 Å². The number of thioether (sulfide) groups is 1. The number of rotatable bonds is 3. The Morgan fingerprint density at radius 1 is 1.50 bits per heavy atom. The Bertz CT molecular complexity index is 432. The van der Waals surface area contributed by atoms with Gasteiger partial charge in [-0.1, -0.05) is 15.9 Å². The maximum atomic E-state index is 13.5. The van der Waals surface area contributed by atoms with E-state index in [0.717, 1.165) is 22.7 Å². The van der Waals surface area contributed by atoms with Crippen molar-refractivity contribution in [1.29, 1.82) is 0 Å². The van der Waals surface area contributed by atoms with Gasteiger partial charge in [-0.05, 0) is 37.5 Å². The van der Waals surface area contributed by atoms with Gasteiger partial charge in [0.1, 0.15) is 10.6 Å². The molecule has 0 unspecified atom stereocenters. The minimum atomic E-state index is -0.844. The van der Waals surface area contributed by atoms with Crippen LogP contribution in [-0.4, -0.2) is 15.8 Å². The molecule has 0 atom stereocenters. The molecule has 0 radical (unpaired) electrons. The summed E-state index contributed by atoms with van der Waals surface area (Å²) in [5.41, 5.74) is 0. The van der Waals surface area contributed by atoms with E-state index >= 15 is 0 Å². The molecule has 1 aliphatic rings. The van der Waals surface area contributed by atoms with Gasteiger partial charge in [-0.25, -0.2) is 4.39 Å². The molecule has 1 saturated carbocycles. The SMILES string of the molecule is O=C(O)C1(Sc2cc(Br)ccc2F)CCC1. The van der Waals surface area contributed by atoms with E-state index in [1.54, 1.807) is 12.1 Å². The Morgan fingerprint density at radius 2 is 2.19 bits per heavy atom. The zero-order valence-electron chi connectivity index (χ0n) is 8.37. The van der Waals surface area contributed by atoms with Crippen molar-refractivity contribution in [3.8, 4) is 0 Å². The fourth-order valence-electron chi connectivity index (χ4n) is 1.62. The highest BCUT2D eigenvalue weighted by atomic mass is 79.9. The van der Waals surface area contributed by atoms with Gasteiger partial charge in [0, 0.05) is 9.37 Å². The van der Waals surface area contributed by atoms with E-state index in [1.807, 2.05) is 0 Å². The lowest BCUT2D eigenvalue weighted by molar-refractivity contribution is -0.142. The minimum Gasteiger partial charge on any atom is -0.480 e. The average Bonchev–Trinajstić information content (AvgIpc) is 2.16. The summed E-state index contributed by atoms with van der Waals surface area (Å²) < 4.78 is 13.4. The highest BCUT2D eigenvalue weighted by Crippen LogP contribution is 2.48. The molecule has 0 saturated heterocycles. The summed E-state index contributed by atoms with van der Waals surface area (Å²) in [7, 11) is 0. The average molecular weight is 305 g/mol. The molecule has 1 N–H and O–H groups in total. The smallest absolute Gasteiger partial charge is 0.320 e. The van der Waals surface area contributed by atoms with Crippen LogP contribution in [0.3, 0.4) is 0 Å². The molecule has 16 heavy (non-hydrogen) atoms. The quantitative estimate of drug-likeness (QED) is 0.925. The fourth-order valence-corrected chi connectivity index (χ4v) is 3.49. The molecule has 0 bridgehead atoms. The molecule has 5 heteroatoms. The molecule has 1 aliphatic carbocycles. The third-order valence-electron chi connectivity index (χ3n) is 2.75. The van der Waals surface area contributed by atoms with Crippen LogP contribution >= 0.6 is 27.7 Å². The summed E-state index contributed by atoms with van der Waals surface area (Å²) in [6.45, 7) is 0. The summed E-state index contributed by atoms with van der Waals surface area (Å²) in [6.07, 6.45) is 2.12. The number of hydrogen-bond acceptors (Lipinski definition) is 2. The van der Waals surface area contributed by atoms with E-state index in [0.29, 0.717) is 17.7 Å². The molecule has 0 amide bonds. The number of halogens is 2. The zero-order chi connectivity index (χ0) is 11.8. The van der Waals surface area contributed by atoms with Crippen LogP contribution < -0.4 is 0 Å². The number of carbonyl (C=O) groups is 1. The molecule has 0 aromatic heterocycles. The largest absolute Gasteiger partial charge is 0.480 e. The Hall–Kier alpha value is -0.550. The standard InChI is InChI=1S/C11H10BrFO2S/c12-7-2-3-8(13)9(6-7)16-11(10(14)15)4-1-5-11/h2-3,6H,1,4-5H2,(H,14,15). The third-order valence-corrected chi connectivity index (χ3v) is 4.75. The number of benzene rings is 1. The predicted octanol–water partition coefficient (Wildman–Crippen LogP) is 3.69. The van der Waals surface area contributed by atoms with E-state index in [2.05, 4.69) is 15.9 Å². The van der Waals surface area contributed by atoms with Crippen molar-refractivity contribution in [2.75, 3.05) is 0 Å². The van der Waals surface area contributed by atoms with Gasteiger partial charge in [0.2, 0.25) is 0 Å². The van der Waals surface area contributed by atoms with Gasteiger partial charge in [-0.2, -0.15) is 0 Å². The molecule has 1 fully saturated rings. The molecular weight excluding hydrogens is 295 g/mol. The van der Waals surface area contributed by atoms with Crippen LogP contribution in [0.15, 0.2) is 27.6 Å². The second-order valence-electron chi connectivity index (χ2n) is 3.83. The summed E-state index contributed by atoms with van der Waals surface area (Å²) in [5, 5.41) is 9.15. The molecular formula is C11H10BrFO2S. The minimum absolute atomic E-state index is 0.360. The van der Waals surface area contributed by atoms with Gasteiger partial charge < -0.3 is 5.11 Å². The summed E-state index contributed by atoms with van der Waals surface area (Å²) in [4.78, 5) is 11.5. The van der Waals surface area contributed by atoms with Crippen molar-refractivity contribution in [1.82, 2.24) is 0 Å². The molecule has 2 rings (SSSR count). The van der Waals surface area contributed by atoms with Crippen molar-refractivity contribution in [2.24, 2.45) is 0 Å². The Labute approximate surface area is 105 Å². The van der Waals surface area contributed by atoms with Gasteiger partial charge in [0.15, 0.2) is 0 Å². The van der Waals surface area contributed by atoms with Crippen LogP contribution in [0.1, 0.15) is 19.3 Å². The molecule has 1 aromatic carbocycles. The first-order chi connectivity index (χ1) is 7.53. The van der Waals surface area contributed by atoms with E-state index in [1.165, 1.54) is 6.07 Å². The van der Waals surface area contributed by atoms with Crippen LogP contribution in [0.2, 0.25) is 0 Å². The Kier molecular flexibility index (Phi) is 3.26. The number of carboxylic acids is 1. The fraction of sp³-hybridized carbons (Fsp3) is 0.364. The molecule has 0 spiro atoms. The molecule has 0 aliphatic heterocycles. The van der Waals surface area contributed by atoms with E-state index in [9.17, 15) is 9.18 Å². The highest BCUT2D eigenvalue weighted by Gasteiger charge is 2.45. The van der Waals surface area contributed by atoms with Gasteiger partial charge in [0.05, 0.1) is 0 Å². The van der Waals surface area contributed by atoms with Gasteiger partial charge >= 0.3 is 5.97 Å². The number of carboxylic acid groups (broad SMARTS) is 1. The summed E-state index contributed by atoms with van der Waals surface area (Å²) in [5.74, 6) is -1.20. The molecule has 86 valence electrons. The first kappa shape index (κ1) is 11.9. The van der Waals surface area contributed by atoms with Crippen LogP contribution in [0.25, 0.3) is 0 Å². The number of hydrogen-bond donors (Lipinski definition) is 1. The number of aliphatic carboxylic acids is 1. The van der Waals surface area contributed by atoms with Crippen LogP contribution in [0.5, 0.6) is 0 Å². The lowest BCUT2D eigenvalue weighted by Gasteiger charge is -2.36. The first-order valence-electron chi connectivity index (χ1n) is 4.91. The zero-order valence-corrected chi connectivity index (χ0v) is 10.8. The predicted molar refractivity (Wildman–Crippen MR) is 64.2 cm³/mol. The molecule has 1 aromatic rings. The second kappa shape index (κ2) is 4.37. The lowest BCUT2D eigenvalue weighted by Crippen LogP contribution is -2.41. The van der Waals surface area contributed by atoms with Crippen molar-refractivity contribution in [3.05, 3.63) is 28.5 Å². The Balaban J connectivity index is 2.26. The molecule has 2 nitrogen and oxygen atoms in total. The maximum Gasteiger partial charge on any atom is 0.320 e. The summed E-state index contributed by atoms with van der Waals surface area (Å²) >= 11 is 4.38. The van der Waals surface area contributed by atoms with Crippen LogP contribution in [0.4, 0.5) is 4.39 Å². The van der Waals surface area contributed by atoms with E-state index in [-0.39, 0.29) is 5.82 Å². The normalized spacial score (nSPS) is 17.9. The Morgan fingerprint density at radius 3 is 2.69 bits per heavy atom. The van der Waals surface area contributed by atoms with E-state index < -0.39 is 10.7 Å². The van der Waals surface area contributed by atoms with Gasteiger partial charge in [0.25, 0.3) is 0 Å². The van der Waals surface area contributed by atoms with E-state index in [4.69, 9.17) is 5.11 Å². The van der Waals surface area contributed by atoms with Crippen molar-refractivity contribution in [3.63, 3.8) is 0 Å².